The normalized spacial score (nSPS) is 27.1. The van der Waals surface area contributed by atoms with Crippen molar-refractivity contribution in [2.45, 2.75) is 12.3 Å². The second-order valence-corrected chi connectivity index (χ2v) is 3.57. The molecule has 1 nitrogen and oxygen atoms in total. The van der Waals surface area contributed by atoms with Gasteiger partial charge < -0.3 is 5.32 Å². The Kier molecular flexibility index (Phi) is 2.13. The van der Waals surface area contributed by atoms with Crippen molar-refractivity contribution in [3.05, 3.63) is 35.9 Å². The number of nitrogens with one attached hydrogen (secondary N) is 1. The number of benzene rings is 1. The van der Waals surface area contributed by atoms with Crippen LogP contribution in [0.25, 0.3) is 0 Å². The maximum atomic E-state index is 3.23. The maximum Gasteiger partial charge on any atom is -0.00175 e. The fourth-order valence-corrected chi connectivity index (χ4v) is 1.84. The number of rotatable bonds is 3. The van der Waals surface area contributed by atoms with Crippen molar-refractivity contribution in [2.24, 2.45) is 5.92 Å². The van der Waals surface area contributed by atoms with Crippen molar-refractivity contribution in [3.8, 4) is 0 Å². The largest absolute Gasteiger partial charge is 0.319 e. The minimum absolute atomic E-state index is 0.832. The van der Waals surface area contributed by atoms with Gasteiger partial charge in [-0.15, -0.1) is 0 Å². The van der Waals surface area contributed by atoms with Gasteiger partial charge in [-0.3, -0.25) is 0 Å². The molecule has 1 aromatic carbocycles. The molecule has 12 heavy (non-hydrogen) atoms. The molecular formula is C11H15N. The van der Waals surface area contributed by atoms with Crippen molar-refractivity contribution in [1.29, 1.82) is 0 Å². The first-order chi connectivity index (χ1) is 5.92. The molecule has 2 atom stereocenters. The number of hydrogen-bond acceptors (Lipinski definition) is 1. The first-order valence-corrected chi connectivity index (χ1v) is 4.61. The fourth-order valence-electron chi connectivity index (χ4n) is 1.84. The van der Waals surface area contributed by atoms with E-state index in [9.17, 15) is 0 Å². The van der Waals surface area contributed by atoms with Crippen LogP contribution in [-0.2, 0) is 0 Å². The van der Waals surface area contributed by atoms with Crippen molar-refractivity contribution >= 4 is 0 Å². The summed E-state index contributed by atoms with van der Waals surface area (Å²) in [5.41, 5.74) is 1.51. The van der Waals surface area contributed by atoms with E-state index in [2.05, 4.69) is 35.6 Å². The van der Waals surface area contributed by atoms with E-state index >= 15 is 0 Å². The van der Waals surface area contributed by atoms with Crippen molar-refractivity contribution in [3.63, 3.8) is 0 Å². The highest BCUT2D eigenvalue weighted by Crippen LogP contribution is 2.46. The summed E-state index contributed by atoms with van der Waals surface area (Å²) in [6.45, 7) is 1.17. The van der Waals surface area contributed by atoms with Gasteiger partial charge in [-0.05, 0) is 37.4 Å². The average molecular weight is 161 g/mol. The SMILES string of the molecule is CNCC1CC1c1ccccc1. The number of hydrogen-bond donors (Lipinski definition) is 1. The van der Waals surface area contributed by atoms with Gasteiger partial charge in [-0.2, -0.15) is 0 Å². The molecule has 2 rings (SSSR count). The van der Waals surface area contributed by atoms with Crippen LogP contribution in [0.2, 0.25) is 0 Å². The zero-order chi connectivity index (χ0) is 8.39. The van der Waals surface area contributed by atoms with Crippen molar-refractivity contribution in [1.82, 2.24) is 5.32 Å². The maximum absolute atomic E-state index is 3.23. The molecule has 0 spiro atoms. The Balaban J connectivity index is 1.97. The van der Waals surface area contributed by atoms with Crippen LogP contribution in [0.3, 0.4) is 0 Å². The van der Waals surface area contributed by atoms with E-state index in [1.165, 1.54) is 18.5 Å². The van der Waals surface area contributed by atoms with Gasteiger partial charge in [0.15, 0.2) is 0 Å². The molecule has 0 amide bonds. The molecule has 1 aliphatic carbocycles. The molecule has 64 valence electrons. The van der Waals surface area contributed by atoms with Crippen LogP contribution in [0, 0.1) is 5.92 Å². The monoisotopic (exact) mass is 161 g/mol. The van der Waals surface area contributed by atoms with Crippen LogP contribution >= 0.6 is 0 Å². The summed E-state index contributed by atoms with van der Waals surface area (Å²) < 4.78 is 0. The predicted octanol–water partition coefficient (Wildman–Crippen LogP) is 2.01. The van der Waals surface area contributed by atoms with Crippen LogP contribution in [0.5, 0.6) is 0 Å². The van der Waals surface area contributed by atoms with E-state index < -0.39 is 0 Å². The average Bonchev–Trinajstić information content (AvgIpc) is 2.87. The Morgan fingerprint density at radius 3 is 2.75 bits per heavy atom. The Hall–Kier alpha value is -0.820. The van der Waals surface area contributed by atoms with E-state index in [4.69, 9.17) is 0 Å². The molecule has 0 radical (unpaired) electrons. The Morgan fingerprint density at radius 1 is 1.33 bits per heavy atom. The quantitative estimate of drug-likeness (QED) is 0.715. The first kappa shape index (κ1) is 7.81. The lowest BCUT2D eigenvalue weighted by Crippen LogP contribution is -2.10. The van der Waals surface area contributed by atoms with Gasteiger partial charge in [-0.1, -0.05) is 30.3 Å². The molecule has 1 fully saturated rings. The Labute approximate surface area is 73.8 Å². The summed E-state index contributed by atoms with van der Waals surface area (Å²) in [5, 5.41) is 3.23. The lowest BCUT2D eigenvalue weighted by Gasteiger charge is -1.98. The first-order valence-electron chi connectivity index (χ1n) is 4.61. The summed E-state index contributed by atoms with van der Waals surface area (Å²) in [6, 6.07) is 10.8. The van der Waals surface area contributed by atoms with Gasteiger partial charge in [0.25, 0.3) is 0 Å². The highest BCUT2D eigenvalue weighted by molar-refractivity contribution is 5.25. The van der Waals surface area contributed by atoms with Crippen molar-refractivity contribution in [2.75, 3.05) is 13.6 Å². The van der Waals surface area contributed by atoms with E-state index in [1.54, 1.807) is 0 Å². The lowest BCUT2D eigenvalue weighted by atomic mass is 10.1. The molecular weight excluding hydrogens is 146 g/mol. The fraction of sp³-hybridized carbons (Fsp3) is 0.455. The second-order valence-electron chi connectivity index (χ2n) is 3.57. The predicted molar refractivity (Wildman–Crippen MR) is 51.2 cm³/mol. The van der Waals surface area contributed by atoms with Crippen LogP contribution in [0.15, 0.2) is 30.3 Å². The third kappa shape index (κ3) is 1.51. The minimum Gasteiger partial charge on any atom is -0.319 e. The molecule has 0 heterocycles. The van der Waals surface area contributed by atoms with Crippen LogP contribution in [0.4, 0.5) is 0 Å². The smallest absolute Gasteiger partial charge is 0.00175 e. The second kappa shape index (κ2) is 3.28. The highest BCUT2D eigenvalue weighted by atomic mass is 14.8. The van der Waals surface area contributed by atoms with E-state index in [1.807, 2.05) is 7.05 Å². The van der Waals surface area contributed by atoms with Crippen LogP contribution in [0.1, 0.15) is 17.9 Å². The van der Waals surface area contributed by atoms with Gasteiger partial charge >= 0.3 is 0 Å². The van der Waals surface area contributed by atoms with Gasteiger partial charge in [0, 0.05) is 0 Å². The third-order valence-corrected chi connectivity index (χ3v) is 2.62. The topological polar surface area (TPSA) is 12.0 Å². The van der Waals surface area contributed by atoms with Crippen LogP contribution in [-0.4, -0.2) is 13.6 Å². The summed E-state index contributed by atoms with van der Waals surface area (Å²) in [7, 11) is 2.03. The lowest BCUT2D eigenvalue weighted by molar-refractivity contribution is 0.698. The molecule has 0 bridgehead atoms. The standard InChI is InChI=1S/C11H15N/c1-12-8-10-7-11(10)9-5-3-2-4-6-9/h2-6,10-12H,7-8H2,1H3. The van der Waals surface area contributed by atoms with Gasteiger partial charge in [0.1, 0.15) is 0 Å². The molecule has 0 saturated heterocycles. The molecule has 1 heteroatoms. The highest BCUT2D eigenvalue weighted by Gasteiger charge is 2.36. The van der Waals surface area contributed by atoms with E-state index in [0.717, 1.165) is 11.8 Å². The molecule has 1 aliphatic rings. The third-order valence-electron chi connectivity index (χ3n) is 2.62. The summed E-state index contributed by atoms with van der Waals surface area (Å²) in [5.74, 6) is 1.72. The van der Waals surface area contributed by atoms with Gasteiger partial charge in [0.05, 0.1) is 0 Å². The summed E-state index contributed by atoms with van der Waals surface area (Å²) in [4.78, 5) is 0. The Bertz CT molecular complexity index is 242. The van der Waals surface area contributed by atoms with Crippen molar-refractivity contribution < 1.29 is 0 Å². The molecule has 1 aromatic rings. The van der Waals surface area contributed by atoms with Gasteiger partial charge in [-0.25, -0.2) is 0 Å². The van der Waals surface area contributed by atoms with E-state index in [-0.39, 0.29) is 0 Å². The molecule has 0 aliphatic heterocycles. The zero-order valence-corrected chi connectivity index (χ0v) is 7.46. The molecule has 1 saturated carbocycles. The minimum atomic E-state index is 0.832. The van der Waals surface area contributed by atoms with Crippen LogP contribution < -0.4 is 5.32 Å². The zero-order valence-electron chi connectivity index (χ0n) is 7.46. The van der Waals surface area contributed by atoms with Gasteiger partial charge in [0.2, 0.25) is 0 Å². The van der Waals surface area contributed by atoms with E-state index in [0.29, 0.717) is 0 Å². The Morgan fingerprint density at radius 2 is 2.08 bits per heavy atom. The molecule has 0 aromatic heterocycles. The summed E-state index contributed by atoms with van der Waals surface area (Å²) in [6.07, 6.45) is 1.37. The molecule has 2 unspecified atom stereocenters. The summed E-state index contributed by atoms with van der Waals surface area (Å²) >= 11 is 0. The molecule has 1 N–H and O–H groups in total.